The lowest BCUT2D eigenvalue weighted by Crippen LogP contribution is -2.31. The molecule has 0 saturated carbocycles. The maximum Gasteiger partial charge on any atom is 0.306 e. The average molecular weight is 380 g/mol. The highest BCUT2D eigenvalue weighted by Crippen LogP contribution is 2.33. The topological polar surface area (TPSA) is 68.2 Å². The molecule has 1 aliphatic rings. The number of benzene rings is 2. The van der Waals surface area contributed by atoms with Gasteiger partial charge >= 0.3 is 5.97 Å². The van der Waals surface area contributed by atoms with Gasteiger partial charge in [-0.1, -0.05) is 49.4 Å². The summed E-state index contributed by atoms with van der Waals surface area (Å²) in [7, 11) is 1.61. The SMILES string of the molecule is CCCC(=O)OCC(=O)N1N=C(c2ccccc2)C[C@H]1c1ccc(OC)cc1. The van der Waals surface area contributed by atoms with Gasteiger partial charge in [0.15, 0.2) is 6.61 Å². The van der Waals surface area contributed by atoms with Gasteiger partial charge in [-0.25, -0.2) is 5.01 Å². The van der Waals surface area contributed by atoms with Crippen molar-refractivity contribution < 1.29 is 19.1 Å². The molecular weight excluding hydrogens is 356 g/mol. The second-order valence-electron chi connectivity index (χ2n) is 6.55. The lowest BCUT2D eigenvalue weighted by Gasteiger charge is -2.22. The van der Waals surface area contributed by atoms with Crippen molar-refractivity contribution >= 4 is 17.6 Å². The number of carbonyl (C=O) groups is 2. The first-order valence-corrected chi connectivity index (χ1v) is 9.37. The molecule has 1 heterocycles. The van der Waals surface area contributed by atoms with Gasteiger partial charge in [0.05, 0.1) is 18.9 Å². The fourth-order valence-electron chi connectivity index (χ4n) is 3.12. The third-order valence-corrected chi connectivity index (χ3v) is 4.58. The highest BCUT2D eigenvalue weighted by molar-refractivity contribution is 6.03. The zero-order chi connectivity index (χ0) is 19.9. The number of ether oxygens (including phenoxy) is 2. The molecule has 0 spiro atoms. The monoisotopic (exact) mass is 380 g/mol. The summed E-state index contributed by atoms with van der Waals surface area (Å²) in [6, 6.07) is 17.1. The number of rotatable bonds is 7. The van der Waals surface area contributed by atoms with E-state index in [1.807, 2.05) is 61.5 Å². The van der Waals surface area contributed by atoms with Crippen LogP contribution in [0.25, 0.3) is 0 Å². The van der Waals surface area contributed by atoms with Gasteiger partial charge in [0.1, 0.15) is 5.75 Å². The smallest absolute Gasteiger partial charge is 0.306 e. The molecule has 0 fully saturated rings. The highest BCUT2D eigenvalue weighted by Gasteiger charge is 2.33. The molecule has 0 radical (unpaired) electrons. The molecule has 2 aromatic carbocycles. The Morgan fingerprint density at radius 3 is 2.46 bits per heavy atom. The molecule has 3 rings (SSSR count). The fourth-order valence-corrected chi connectivity index (χ4v) is 3.12. The van der Waals surface area contributed by atoms with Crippen molar-refractivity contribution in [2.75, 3.05) is 13.7 Å². The second kappa shape index (κ2) is 9.17. The Bertz CT molecular complexity index is 847. The molecule has 1 amide bonds. The highest BCUT2D eigenvalue weighted by atomic mass is 16.5. The number of hydrazone groups is 1. The van der Waals surface area contributed by atoms with Crippen LogP contribution in [-0.4, -0.2) is 36.3 Å². The Balaban J connectivity index is 1.82. The van der Waals surface area contributed by atoms with Gasteiger partial charge in [0.25, 0.3) is 5.91 Å². The van der Waals surface area contributed by atoms with Crippen LogP contribution in [0.3, 0.4) is 0 Å². The Hall–Kier alpha value is -3.15. The minimum Gasteiger partial charge on any atom is -0.497 e. The third kappa shape index (κ3) is 4.57. The van der Waals surface area contributed by atoms with Gasteiger partial charge < -0.3 is 9.47 Å². The van der Waals surface area contributed by atoms with Crippen LogP contribution in [0.5, 0.6) is 5.75 Å². The van der Waals surface area contributed by atoms with E-state index in [1.54, 1.807) is 7.11 Å². The van der Waals surface area contributed by atoms with E-state index in [0.717, 1.165) is 22.6 Å². The Morgan fingerprint density at radius 1 is 1.11 bits per heavy atom. The minimum absolute atomic E-state index is 0.251. The molecule has 1 aliphatic heterocycles. The lowest BCUT2D eigenvalue weighted by molar-refractivity contribution is -0.152. The molecule has 0 aliphatic carbocycles. The first-order chi connectivity index (χ1) is 13.6. The molecule has 0 aromatic heterocycles. The quantitative estimate of drug-likeness (QED) is 0.687. The van der Waals surface area contributed by atoms with Crippen molar-refractivity contribution in [1.29, 1.82) is 0 Å². The zero-order valence-electron chi connectivity index (χ0n) is 16.1. The Labute approximate surface area is 164 Å². The molecule has 1 atom stereocenters. The van der Waals surface area contributed by atoms with Gasteiger partial charge in [-0.3, -0.25) is 9.59 Å². The third-order valence-electron chi connectivity index (χ3n) is 4.58. The van der Waals surface area contributed by atoms with Crippen LogP contribution in [0, 0.1) is 0 Å². The molecule has 6 nitrogen and oxygen atoms in total. The number of nitrogens with zero attached hydrogens (tertiary/aromatic N) is 2. The van der Waals surface area contributed by atoms with Gasteiger partial charge in [-0.15, -0.1) is 0 Å². The first kappa shape index (κ1) is 19.6. The van der Waals surface area contributed by atoms with Crippen LogP contribution < -0.4 is 4.74 Å². The maximum atomic E-state index is 12.8. The predicted octanol–water partition coefficient (Wildman–Crippen LogP) is 3.72. The fraction of sp³-hybridized carbons (Fsp3) is 0.318. The van der Waals surface area contributed by atoms with Crippen LogP contribution in [0.15, 0.2) is 59.7 Å². The van der Waals surface area contributed by atoms with Crippen LogP contribution in [-0.2, 0) is 14.3 Å². The predicted molar refractivity (Wildman–Crippen MR) is 106 cm³/mol. The molecule has 0 saturated heterocycles. The number of amides is 1. The van der Waals surface area contributed by atoms with Crippen molar-refractivity contribution in [1.82, 2.24) is 5.01 Å². The number of methoxy groups -OCH3 is 1. The largest absolute Gasteiger partial charge is 0.497 e. The molecule has 0 unspecified atom stereocenters. The number of hydrogen-bond donors (Lipinski definition) is 0. The summed E-state index contributed by atoms with van der Waals surface area (Å²) >= 11 is 0. The van der Waals surface area contributed by atoms with Gasteiger partial charge in [0.2, 0.25) is 0 Å². The molecule has 0 N–H and O–H groups in total. The van der Waals surface area contributed by atoms with Gasteiger partial charge in [0, 0.05) is 12.8 Å². The van der Waals surface area contributed by atoms with Crippen molar-refractivity contribution in [2.45, 2.75) is 32.2 Å². The minimum atomic E-state index is -0.372. The summed E-state index contributed by atoms with van der Waals surface area (Å²) in [5.74, 6) is 0.0387. The van der Waals surface area contributed by atoms with E-state index >= 15 is 0 Å². The second-order valence-corrected chi connectivity index (χ2v) is 6.55. The van der Waals surface area contributed by atoms with E-state index in [1.165, 1.54) is 5.01 Å². The number of hydrogen-bond acceptors (Lipinski definition) is 5. The van der Waals surface area contributed by atoms with Gasteiger partial charge in [-0.2, -0.15) is 5.10 Å². The van der Waals surface area contributed by atoms with E-state index in [0.29, 0.717) is 19.3 Å². The summed E-state index contributed by atoms with van der Waals surface area (Å²) in [6.45, 7) is 1.58. The Kier molecular flexibility index (Phi) is 6.42. The molecule has 2 aromatic rings. The van der Waals surface area contributed by atoms with Crippen molar-refractivity contribution in [3.63, 3.8) is 0 Å². The van der Waals surface area contributed by atoms with E-state index in [-0.39, 0.29) is 24.5 Å². The van der Waals surface area contributed by atoms with Crippen molar-refractivity contribution in [3.8, 4) is 5.75 Å². The summed E-state index contributed by atoms with van der Waals surface area (Å²) in [5, 5.41) is 5.99. The van der Waals surface area contributed by atoms with Gasteiger partial charge in [-0.05, 0) is 29.7 Å². The van der Waals surface area contributed by atoms with E-state index in [2.05, 4.69) is 5.10 Å². The molecule has 28 heavy (non-hydrogen) atoms. The standard InChI is InChI=1S/C22H24N2O4/c1-3-7-22(26)28-15-21(25)24-20(17-10-12-18(27-2)13-11-17)14-19(23-24)16-8-5-4-6-9-16/h4-6,8-13,20H,3,7,14-15H2,1-2H3/t20-/m0/s1. The van der Waals surface area contributed by atoms with Crippen LogP contribution in [0.4, 0.5) is 0 Å². The van der Waals surface area contributed by atoms with E-state index in [9.17, 15) is 9.59 Å². The van der Waals surface area contributed by atoms with Crippen molar-refractivity contribution in [3.05, 3.63) is 65.7 Å². The molecule has 0 bridgehead atoms. The summed E-state index contributed by atoms with van der Waals surface area (Å²) in [4.78, 5) is 24.4. The summed E-state index contributed by atoms with van der Waals surface area (Å²) in [6.07, 6.45) is 1.57. The normalized spacial score (nSPS) is 15.9. The summed E-state index contributed by atoms with van der Waals surface area (Å²) in [5.41, 5.74) is 2.75. The van der Waals surface area contributed by atoms with Crippen LogP contribution in [0.2, 0.25) is 0 Å². The zero-order valence-corrected chi connectivity index (χ0v) is 16.1. The first-order valence-electron chi connectivity index (χ1n) is 9.37. The average Bonchev–Trinajstić information content (AvgIpc) is 3.18. The molecular formula is C22H24N2O4. The molecule has 146 valence electrons. The number of carbonyl (C=O) groups excluding carboxylic acids is 2. The van der Waals surface area contributed by atoms with Crippen LogP contribution >= 0.6 is 0 Å². The van der Waals surface area contributed by atoms with Crippen LogP contribution in [0.1, 0.15) is 43.4 Å². The van der Waals surface area contributed by atoms with E-state index < -0.39 is 0 Å². The lowest BCUT2D eigenvalue weighted by atomic mass is 9.98. The summed E-state index contributed by atoms with van der Waals surface area (Å²) < 4.78 is 10.3. The van der Waals surface area contributed by atoms with E-state index in [4.69, 9.17) is 9.47 Å². The van der Waals surface area contributed by atoms with Crippen molar-refractivity contribution in [2.24, 2.45) is 5.10 Å². The Morgan fingerprint density at radius 2 is 1.82 bits per heavy atom. The maximum absolute atomic E-state index is 12.8. The number of esters is 1. The molecule has 6 heteroatoms.